The van der Waals surface area contributed by atoms with E-state index in [2.05, 4.69) is 0 Å². The highest BCUT2D eigenvalue weighted by Gasteiger charge is 2.25. The molecular weight excluding hydrogens is 250 g/mol. The second kappa shape index (κ2) is 6.86. The molecule has 1 fully saturated rings. The molecule has 1 aromatic rings. The molecular formula is C14H22ClNO2. The van der Waals surface area contributed by atoms with Crippen molar-refractivity contribution in [2.75, 3.05) is 14.2 Å². The van der Waals surface area contributed by atoms with E-state index >= 15 is 0 Å². The lowest BCUT2D eigenvalue weighted by atomic mass is 9.92. The van der Waals surface area contributed by atoms with E-state index in [0.29, 0.717) is 5.92 Å². The molecule has 1 atom stereocenters. The molecule has 1 aromatic carbocycles. The zero-order valence-corrected chi connectivity index (χ0v) is 11.8. The highest BCUT2D eigenvalue weighted by Crippen LogP contribution is 2.38. The molecule has 1 aliphatic carbocycles. The molecule has 102 valence electrons. The Balaban J connectivity index is 0.00000162. The minimum absolute atomic E-state index is 0. The molecule has 0 aliphatic heterocycles. The Morgan fingerprint density at radius 2 is 1.83 bits per heavy atom. The van der Waals surface area contributed by atoms with Gasteiger partial charge in [0.25, 0.3) is 0 Å². The van der Waals surface area contributed by atoms with Crippen molar-refractivity contribution in [3.8, 4) is 11.5 Å². The molecule has 0 aromatic heterocycles. The van der Waals surface area contributed by atoms with Gasteiger partial charge in [-0.25, -0.2) is 0 Å². The summed E-state index contributed by atoms with van der Waals surface area (Å²) in [4.78, 5) is 0. The number of hydrogen-bond donors (Lipinski definition) is 1. The molecule has 0 amide bonds. The van der Waals surface area contributed by atoms with E-state index in [9.17, 15) is 0 Å². The van der Waals surface area contributed by atoms with E-state index in [-0.39, 0.29) is 18.4 Å². The molecule has 3 nitrogen and oxygen atoms in total. The Morgan fingerprint density at radius 1 is 1.17 bits per heavy atom. The predicted molar refractivity (Wildman–Crippen MR) is 75.7 cm³/mol. The molecule has 1 aliphatic rings. The van der Waals surface area contributed by atoms with Crippen LogP contribution in [0.4, 0.5) is 0 Å². The van der Waals surface area contributed by atoms with E-state index in [0.717, 1.165) is 17.1 Å². The molecule has 0 radical (unpaired) electrons. The predicted octanol–water partition coefficient (Wildman–Crippen LogP) is 3.32. The van der Waals surface area contributed by atoms with Crippen molar-refractivity contribution >= 4 is 12.4 Å². The fourth-order valence-electron chi connectivity index (χ4n) is 2.67. The molecule has 2 rings (SSSR count). The fourth-order valence-corrected chi connectivity index (χ4v) is 2.67. The van der Waals surface area contributed by atoms with Crippen molar-refractivity contribution in [2.24, 2.45) is 11.7 Å². The number of methoxy groups -OCH3 is 2. The summed E-state index contributed by atoms with van der Waals surface area (Å²) >= 11 is 0. The second-order valence-corrected chi connectivity index (χ2v) is 4.68. The van der Waals surface area contributed by atoms with Gasteiger partial charge in [-0.05, 0) is 37.0 Å². The van der Waals surface area contributed by atoms with Gasteiger partial charge < -0.3 is 15.2 Å². The van der Waals surface area contributed by atoms with Crippen molar-refractivity contribution in [3.05, 3.63) is 23.8 Å². The summed E-state index contributed by atoms with van der Waals surface area (Å²) < 4.78 is 10.6. The standard InChI is InChI=1S/C14H21NO2.ClH/c1-16-11-7-8-13(17-2)12(9-11)14(15)10-5-3-4-6-10;/h7-10,14H,3-6,15H2,1-2H3;1H/t14-;/m0./s1. The Kier molecular flexibility index (Phi) is 5.76. The van der Waals surface area contributed by atoms with Gasteiger partial charge in [0.05, 0.1) is 14.2 Å². The maximum Gasteiger partial charge on any atom is 0.123 e. The third-order valence-corrected chi connectivity index (χ3v) is 3.70. The van der Waals surface area contributed by atoms with Gasteiger partial charge in [-0.1, -0.05) is 12.8 Å². The third-order valence-electron chi connectivity index (χ3n) is 3.70. The van der Waals surface area contributed by atoms with E-state index in [4.69, 9.17) is 15.2 Å². The molecule has 18 heavy (non-hydrogen) atoms. The van der Waals surface area contributed by atoms with Crippen molar-refractivity contribution in [1.82, 2.24) is 0 Å². The van der Waals surface area contributed by atoms with Crippen molar-refractivity contribution in [3.63, 3.8) is 0 Å². The minimum atomic E-state index is 0. The lowest BCUT2D eigenvalue weighted by Crippen LogP contribution is -2.19. The van der Waals surface area contributed by atoms with Gasteiger partial charge in [0.15, 0.2) is 0 Å². The monoisotopic (exact) mass is 271 g/mol. The maximum atomic E-state index is 6.36. The van der Waals surface area contributed by atoms with Gasteiger partial charge >= 0.3 is 0 Å². The smallest absolute Gasteiger partial charge is 0.123 e. The van der Waals surface area contributed by atoms with Crippen LogP contribution >= 0.6 is 12.4 Å². The number of benzene rings is 1. The normalized spacial score (nSPS) is 17.1. The van der Waals surface area contributed by atoms with Crippen LogP contribution < -0.4 is 15.2 Å². The first kappa shape index (κ1) is 15.1. The van der Waals surface area contributed by atoms with E-state index in [1.807, 2.05) is 18.2 Å². The Bertz CT molecular complexity index is 378. The van der Waals surface area contributed by atoms with Crippen molar-refractivity contribution < 1.29 is 9.47 Å². The lowest BCUT2D eigenvalue weighted by molar-refractivity contribution is 0.378. The van der Waals surface area contributed by atoms with Gasteiger partial charge in [0.1, 0.15) is 11.5 Å². The Hall–Kier alpha value is -0.930. The zero-order valence-electron chi connectivity index (χ0n) is 11.0. The van der Waals surface area contributed by atoms with Crippen LogP contribution in [0.3, 0.4) is 0 Å². The number of nitrogens with two attached hydrogens (primary N) is 1. The molecule has 2 N–H and O–H groups in total. The Morgan fingerprint density at radius 3 is 2.39 bits per heavy atom. The van der Waals surface area contributed by atoms with Crippen LogP contribution in [0.1, 0.15) is 37.3 Å². The first-order valence-electron chi connectivity index (χ1n) is 6.23. The summed E-state index contributed by atoms with van der Waals surface area (Å²) in [5.74, 6) is 2.29. The summed E-state index contributed by atoms with van der Waals surface area (Å²) in [5, 5.41) is 0. The summed E-state index contributed by atoms with van der Waals surface area (Å²) in [5.41, 5.74) is 7.43. The van der Waals surface area contributed by atoms with Crippen LogP contribution in [-0.2, 0) is 0 Å². The number of hydrogen-bond acceptors (Lipinski definition) is 3. The van der Waals surface area contributed by atoms with Crippen molar-refractivity contribution in [2.45, 2.75) is 31.7 Å². The molecule has 0 spiro atoms. The topological polar surface area (TPSA) is 44.5 Å². The number of halogens is 1. The summed E-state index contributed by atoms with van der Waals surface area (Å²) in [6.07, 6.45) is 5.04. The average Bonchev–Trinajstić information content (AvgIpc) is 2.91. The van der Waals surface area contributed by atoms with Crippen LogP contribution in [-0.4, -0.2) is 14.2 Å². The van der Waals surface area contributed by atoms with E-state index in [1.54, 1.807) is 14.2 Å². The van der Waals surface area contributed by atoms with Crippen molar-refractivity contribution in [1.29, 1.82) is 0 Å². The molecule has 0 bridgehead atoms. The summed E-state index contributed by atoms with van der Waals surface area (Å²) in [6.45, 7) is 0. The highest BCUT2D eigenvalue weighted by atomic mass is 35.5. The van der Waals surface area contributed by atoms with Gasteiger partial charge in [-0.15, -0.1) is 12.4 Å². The Labute approximate surface area is 115 Å². The number of rotatable bonds is 4. The van der Waals surface area contributed by atoms with E-state index < -0.39 is 0 Å². The second-order valence-electron chi connectivity index (χ2n) is 4.68. The van der Waals surface area contributed by atoms with Gasteiger partial charge in [-0.3, -0.25) is 0 Å². The molecule has 1 saturated carbocycles. The molecule has 0 heterocycles. The largest absolute Gasteiger partial charge is 0.497 e. The first-order valence-corrected chi connectivity index (χ1v) is 6.23. The fraction of sp³-hybridized carbons (Fsp3) is 0.571. The van der Waals surface area contributed by atoms with Gasteiger partial charge in [-0.2, -0.15) is 0 Å². The highest BCUT2D eigenvalue weighted by molar-refractivity contribution is 5.85. The lowest BCUT2D eigenvalue weighted by Gasteiger charge is -2.22. The molecule has 0 saturated heterocycles. The first-order chi connectivity index (χ1) is 8.26. The van der Waals surface area contributed by atoms with Crippen LogP contribution in [0.15, 0.2) is 18.2 Å². The van der Waals surface area contributed by atoms with Crippen LogP contribution in [0.25, 0.3) is 0 Å². The van der Waals surface area contributed by atoms with Crippen LogP contribution in [0, 0.1) is 5.92 Å². The third kappa shape index (κ3) is 3.09. The van der Waals surface area contributed by atoms with Gasteiger partial charge in [0.2, 0.25) is 0 Å². The molecule has 0 unspecified atom stereocenters. The average molecular weight is 272 g/mol. The number of ether oxygens (including phenoxy) is 2. The summed E-state index contributed by atoms with van der Waals surface area (Å²) in [6, 6.07) is 5.90. The van der Waals surface area contributed by atoms with Crippen LogP contribution in [0.5, 0.6) is 11.5 Å². The summed E-state index contributed by atoms with van der Waals surface area (Å²) in [7, 11) is 3.36. The van der Waals surface area contributed by atoms with Crippen LogP contribution in [0.2, 0.25) is 0 Å². The van der Waals surface area contributed by atoms with Gasteiger partial charge in [0, 0.05) is 11.6 Å². The zero-order chi connectivity index (χ0) is 12.3. The van der Waals surface area contributed by atoms with E-state index in [1.165, 1.54) is 25.7 Å². The quantitative estimate of drug-likeness (QED) is 0.914. The minimum Gasteiger partial charge on any atom is -0.497 e. The molecule has 4 heteroatoms. The SMILES string of the molecule is COc1ccc(OC)c([C@@H](N)C2CCCC2)c1.Cl. The maximum absolute atomic E-state index is 6.36.